The summed E-state index contributed by atoms with van der Waals surface area (Å²) >= 11 is 9.75. The molecule has 48 heavy (non-hydrogen) atoms. The standard InChI is InChI=1S/C38H41BrClN3O4S/c1-27-13-20-34(21-14-27)48(46,47)43(35-22-19-32(40)23-28(35)2)26-37(44)42(25-30-15-17-31(39)18-16-30)36(24-29-9-5-3-6-10-29)38(45)41-33-11-7-4-8-12-33/h3,5-6,9-10,13-23,33,36H,4,7-8,11-12,24-26H2,1-2H3,(H,41,45)/t36-/m0/s1. The van der Waals surface area contributed by atoms with Crippen molar-refractivity contribution in [3.05, 3.63) is 129 Å². The second-order valence-electron chi connectivity index (χ2n) is 12.5. The Kier molecular flexibility index (Phi) is 12.0. The summed E-state index contributed by atoms with van der Waals surface area (Å²) in [6.45, 7) is 3.24. The van der Waals surface area contributed by atoms with E-state index in [0.29, 0.717) is 16.3 Å². The second kappa shape index (κ2) is 16.2. The van der Waals surface area contributed by atoms with Gasteiger partial charge in [-0.15, -0.1) is 0 Å². The fourth-order valence-electron chi connectivity index (χ4n) is 6.13. The highest BCUT2D eigenvalue weighted by molar-refractivity contribution is 9.10. The summed E-state index contributed by atoms with van der Waals surface area (Å²) in [4.78, 5) is 30.6. The minimum atomic E-state index is -4.20. The summed E-state index contributed by atoms with van der Waals surface area (Å²) < 4.78 is 30.7. The summed E-state index contributed by atoms with van der Waals surface area (Å²) in [7, 11) is -4.20. The number of nitrogens with one attached hydrogen (secondary N) is 1. The van der Waals surface area contributed by atoms with Crippen LogP contribution < -0.4 is 9.62 Å². The van der Waals surface area contributed by atoms with E-state index in [-0.39, 0.29) is 29.8 Å². The summed E-state index contributed by atoms with van der Waals surface area (Å²) in [6, 6.07) is 27.8. The van der Waals surface area contributed by atoms with Crippen LogP contribution in [0.2, 0.25) is 5.02 Å². The number of aryl methyl sites for hydroxylation is 2. The van der Waals surface area contributed by atoms with Gasteiger partial charge >= 0.3 is 0 Å². The third kappa shape index (κ3) is 9.07. The molecule has 0 aromatic heterocycles. The first-order valence-electron chi connectivity index (χ1n) is 16.2. The molecule has 1 saturated carbocycles. The number of amides is 2. The van der Waals surface area contributed by atoms with Crippen LogP contribution in [0.25, 0.3) is 0 Å². The number of sulfonamides is 1. The van der Waals surface area contributed by atoms with Crippen molar-refractivity contribution >= 4 is 55.1 Å². The van der Waals surface area contributed by atoms with E-state index in [2.05, 4.69) is 21.2 Å². The SMILES string of the molecule is Cc1ccc(S(=O)(=O)N(CC(=O)N(Cc2ccc(Br)cc2)[C@@H](Cc2ccccc2)C(=O)NC2CCCCC2)c2ccc(Cl)cc2C)cc1. The van der Waals surface area contributed by atoms with Gasteiger partial charge in [0, 0.05) is 28.5 Å². The van der Waals surface area contributed by atoms with Gasteiger partial charge in [0.2, 0.25) is 11.8 Å². The Labute approximate surface area is 297 Å². The maximum Gasteiger partial charge on any atom is 0.264 e. The summed E-state index contributed by atoms with van der Waals surface area (Å²) in [5.74, 6) is -0.741. The van der Waals surface area contributed by atoms with Crippen LogP contribution in [0.15, 0.2) is 106 Å². The molecule has 0 saturated heterocycles. The summed E-state index contributed by atoms with van der Waals surface area (Å²) in [5, 5.41) is 3.70. The van der Waals surface area contributed by atoms with E-state index in [1.807, 2.05) is 61.5 Å². The number of rotatable bonds is 12. The minimum absolute atomic E-state index is 0.0317. The Hall–Kier alpha value is -3.66. The van der Waals surface area contributed by atoms with E-state index in [4.69, 9.17) is 11.6 Å². The lowest BCUT2D eigenvalue weighted by molar-refractivity contribution is -0.140. The Morgan fingerprint density at radius 1 is 0.875 bits per heavy atom. The lowest BCUT2D eigenvalue weighted by Gasteiger charge is -2.35. The van der Waals surface area contributed by atoms with Crippen molar-refractivity contribution in [1.82, 2.24) is 10.2 Å². The van der Waals surface area contributed by atoms with Crippen LogP contribution in [-0.4, -0.2) is 43.8 Å². The first-order chi connectivity index (χ1) is 23.0. The predicted molar refractivity (Wildman–Crippen MR) is 196 cm³/mol. The molecule has 1 atom stereocenters. The molecule has 10 heteroatoms. The molecule has 7 nitrogen and oxygen atoms in total. The molecule has 4 aromatic carbocycles. The Morgan fingerprint density at radius 3 is 2.19 bits per heavy atom. The molecule has 5 rings (SSSR count). The predicted octanol–water partition coefficient (Wildman–Crippen LogP) is 8.00. The topological polar surface area (TPSA) is 86.8 Å². The molecule has 0 unspecified atom stereocenters. The van der Waals surface area contributed by atoms with Crippen molar-refractivity contribution in [2.24, 2.45) is 0 Å². The zero-order valence-corrected chi connectivity index (χ0v) is 30.4. The molecule has 252 valence electrons. The number of halogens is 2. The van der Waals surface area contributed by atoms with Gasteiger partial charge in [0.25, 0.3) is 10.0 Å². The Bertz CT molecular complexity index is 1810. The van der Waals surface area contributed by atoms with Crippen LogP contribution in [0, 0.1) is 13.8 Å². The van der Waals surface area contributed by atoms with Crippen LogP contribution in [0.4, 0.5) is 5.69 Å². The number of carbonyl (C=O) groups is 2. The fourth-order valence-corrected chi connectivity index (χ4v) is 8.10. The van der Waals surface area contributed by atoms with Gasteiger partial charge in [0.05, 0.1) is 10.6 Å². The fraction of sp³-hybridized carbons (Fsp3) is 0.316. The average Bonchev–Trinajstić information content (AvgIpc) is 3.07. The normalized spacial score (nSPS) is 14.2. The van der Waals surface area contributed by atoms with Gasteiger partial charge in [-0.2, -0.15) is 0 Å². The van der Waals surface area contributed by atoms with Gasteiger partial charge in [-0.3, -0.25) is 13.9 Å². The van der Waals surface area contributed by atoms with Crippen LogP contribution in [0.1, 0.15) is 54.4 Å². The highest BCUT2D eigenvalue weighted by Gasteiger charge is 2.36. The van der Waals surface area contributed by atoms with Gasteiger partial charge in [-0.25, -0.2) is 8.42 Å². The van der Waals surface area contributed by atoms with Crippen LogP contribution >= 0.6 is 27.5 Å². The molecular weight excluding hydrogens is 710 g/mol. The van der Waals surface area contributed by atoms with Crippen LogP contribution in [0.3, 0.4) is 0 Å². The average molecular weight is 751 g/mol. The molecule has 1 fully saturated rings. The molecule has 0 bridgehead atoms. The number of anilines is 1. The zero-order valence-electron chi connectivity index (χ0n) is 27.2. The number of hydrogen-bond acceptors (Lipinski definition) is 4. The smallest absolute Gasteiger partial charge is 0.264 e. The van der Waals surface area contributed by atoms with Crippen molar-refractivity contribution in [3.63, 3.8) is 0 Å². The van der Waals surface area contributed by atoms with Crippen molar-refractivity contribution < 1.29 is 18.0 Å². The van der Waals surface area contributed by atoms with Gasteiger partial charge in [0.15, 0.2) is 0 Å². The summed E-state index contributed by atoms with van der Waals surface area (Å²) in [6.07, 6.45) is 5.28. The van der Waals surface area contributed by atoms with Gasteiger partial charge in [0.1, 0.15) is 12.6 Å². The van der Waals surface area contributed by atoms with Gasteiger partial charge < -0.3 is 10.2 Å². The molecule has 0 spiro atoms. The first kappa shape index (κ1) is 35.6. The van der Waals surface area contributed by atoms with E-state index in [1.54, 1.807) is 49.4 Å². The highest BCUT2D eigenvalue weighted by atomic mass is 79.9. The quantitative estimate of drug-likeness (QED) is 0.159. The van der Waals surface area contributed by atoms with E-state index in [0.717, 1.165) is 57.6 Å². The lowest BCUT2D eigenvalue weighted by Crippen LogP contribution is -2.55. The summed E-state index contributed by atoms with van der Waals surface area (Å²) in [5.41, 5.74) is 3.55. The highest BCUT2D eigenvalue weighted by Crippen LogP contribution is 2.30. The third-order valence-electron chi connectivity index (χ3n) is 8.80. The van der Waals surface area contributed by atoms with Crippen molar-refractivity contribution in [2.75, 3.05) is 10.8 Å². The van der Waals surface area contributed by atoms with Crippen molar-refractivity contribution in [1.29, 1.82) is 0 Å². The lowest BCUT2D eigenvalue weighted by atomic mass is 9.94. The second-order valence-corrected chi connectivity index (χ2v) is 15.7. The van der Waals surface area contributed by atoms with Gasteiger partial charge in [-0.1, -0.05) is 107 Å². The molecule has 0 aliphatic heterocycles. The first-order valence-corrected chi connectivity index (χ1v) is 18.9. The largest absolute Gasteiger partial charge is 0.352 e. The monoisotopic (exact) mass is 749 g/mol. The number of nitrogens with zero attached hydrogens (tertiary/aromatic N) is 2. The van der Waals surface area contributed by atoms with E-state index < -0.39 is 28.5 Å². The molecule has 1 aliphatic carbocycles. The number of hydrogen-bond donors (Lipinski definition) is 1. The Balaban J connectivity index is 1.58. The molecule has 2 amide bonds. The van der Waals surface area contributed by atoms with E-state index in [1.165, 1.54) is 4.90 Å². The Morgan fingerprint density at radius 2 is 1.54 bits per heavy atom. The minimum Gasteiger partial charge on any atom is -0.352 e. The number of carbonyl (C=O) groups excluding carboxylic acids is 2. The van der Waals surface area contributed by atoms with Crippen LogP contribution in [-0.2, 0) is 32.6 Å². The number of benzene rings is 4. The van der Waals surface area contributed by atoms with Crippen LogP contribution in [0.5, 0.6) is 0 Å². The maximum atomic E-state index is 14.7. The van der Waals surface area contributed by atoms with Crippen molar-refractivity contribution in [3.8, 4) is 0 Å². The maximum absolute atomic E-state index is 14.7. The molecule has 0 heterocycles. The molecule has 4 aromatic rings. The molecule has 1 aliphatic rings. The van der Waals surface area contributed by atoms with Crippen molar-refractivity contribution in [2.45, 2.75) is 75.9 Å². The molecule has 0 radical (unpaired) electrons. The van der Waals surface area contributed by atoms with Gasteiger partial charge in [-0.05, 0) is 85.8 Å². The molecule has 1 N–H and O–H groups in total. The molecular formula is C38H41BrClN3O4S. The zero-order chi connectivity index (χ0) is 34.3. The van der Waals surface area contributed by atoms with E-state index >= 15 is 0 Å². The van der Waals surface area contributed by atoms with E-state index in [9.17, 15) is 18.0 Å². The third-order valence-corrected chi connectivity index (χ3v) is 11.3.